The molecule has 0 atom stereocenters. The van der Waals surface area contributed by atoms with Crippen LogP contribution in [-0.4, -0.2) is 76.2 Å². The van der Waals surface area contributed by atoms with Gasteiger partial charge in [0.05, 0.1) is 29.5 Å². The standard InChI is InChI=1S/C23H23FN6O7S/c1-37-21-18-13(20(32)14(22(33)34)10-29(18)12-2-3-12)8-15(24)19(21)28-6-4-27(5-7-28)11-16(31)26-23-25-9-17(38-23)30(35)36/h8-10,12H,2-7,11H2,1H3,(H,33,34)(H,25,26,31). The van der Waals surface area contributed by atoms with Crippen molar-refractivity contribution in [2.24, 2.45) is 0 Å². The molecule has 0 spiro atoms. The number of nitrogens with one attached hydrogen (secondary N) is 1. The van der Waals surface area contributed by atoms with Crippen LogP contribution in [0.5, 0.6) is 5.75 Å². The number of aromatic nitrogens is 2. The Morgan fingerprint density at radius 2 is 2.03 bits per heavy atom. The lowest BCUT2D eigenvalue weighted by Crippen LogP contribution is -2.49. The molecule has 0 bridgehead atoms. The summed E-state index contributed by atoms with van der Waals surface area (Å²) in [5.74, 6) is -2.28. The summed E-state index contributed by atoms with van der Waals surface area (Å²) in [7, 11) is 1.38. The van der Waals surface area contributed by atoms with Crippen LogP contribution in [0.15, 0.2) is 23.3 Å². The molecular formula is C23H23FN6O7S. The van der Waals surface area contributed by atoms with Gasteiger partial charge >= 0.3 is 11.0 Å². The molecule has 2 aliphatic rings. The summed E-state index contributed by atoms with van der Waals surface area (Å²) >= 11 is 0.765. The van der Waals surface area contributed by atoms with Gasteiger partial charge in [0.25, 0.3) is 0 Å². The minimum Gasteiger partial charge on any atom is -0.492 e. The summed E-state index contributed by atoms with van der Waals surface area (Å²) in [5, 5.41) is 22.7. The van der Waals surface area contributed by atoms with Crippen molar-refractivity contribution in [1.82, 2.24) is 14.5 Å². The van der Waals surface area contributed by atoms with E-state index in [9.17, 15) is 29.6 Å². The van der Waals surface area contributed by atoms with E-state index in [0.29, 0.717) is 31.7 Å². The molecule has 2 aromatic heterocycles. The van der Waals surface area contributed by atoms with E-state index >= 15 is 4.39 Å². The number of benzene rings is 1. The lowest BCUT2D eigenvalue weighted by atomic mass is 10.1. The molecule has 1 saturated carbocycles. The summed E-state index contributed by atoms with van der Waals surface area (Å²) in [4.78, 5) is 54.6. The molecule has 3 heterocycles. The second-order valence-corrected chi connectivity index (χ2v) is 10.0. The first-order valence-corrected chi connectivity index (χ1v) is 12.6. The minimum atomic E-state index is -1.37. The molecular weight excluding hydrogens is 523 g/mol. The summed E-state index contributed by atoms with van der Waals surface area (Å²) in [6.07, 6.45) is 4.00. The maximum atomic E-state index is 15.5. The predicted molar refractivity (Wildman–Crippen MR) is 136 cm³/mol. The number of nitro groups is 1. The van der Waals surface area contributed by atoms with Crippen LogP contribution in [0.4, 0.5) is 20.2 Å². The molecule has 200 valence electrons. The number of thiazole rings is 1. The van der Waals surface area contributed by atoms with Crippen LogP contribution >= 0.6 is 11.3 Å². The van der Waals surface area contributed by atoms with E-state index in [2.05, 4.69) is 10.3 Å². The molecule has 1 aliphatic heterocycles. The Hall–Kier alpha value is -4.11. The number of carboxylic acid groups (broad SMARTS) is 1. The number of fused-ring (bicyclic) bond motifs is 1. The number of carbonyl (C=O) groups is 2. The number of ether oxygens (including phenoxy) is 1. The molecule has 0 radical (unpaired) electrons. The van der Waals surface area contributed by atoms with Crippen LogP contribution in [0.3, 0.4) is 0 Å². The number of piperazine rings is 1. The molecule has 1 aromatic carbocycles. The van der Waals surface area contributed by atoms with Crippen molar-refractivity contribution >= 4 is 49.9 Å². The highest BCUT2D eigenvalue weighted by atomic mass is 32.1. The van der Waals surface area contributed by atoms with Crippen molar-refractivity contribution in [1.29, 1.82) is 0 Å². The fourth-order valence-electron chi connectivity index (χ4n) is 4.62. The Bertz CT molecular complexity index is 1510. The fraction of sp³-hybridized carbons (Fsp3) is 0.391. The van der Waals surface area contributed by atoms with Crippen molar-refractivity contribution in [2.75, 3.05) is 50.1 Å². The number of carbonyl (C=O) groups excluding carboxylic acids is 1. The van der Waals surface area contributed by atoms with Gasteiger partial charge in [0.2, 0.25) is 11.3 Å². The molecule has 1 saturated heterocycles. The molecule has 1 amide bonds. The highest BCUT2D eigenvalue weighted by molar-refractivity contribution is 7.18. The summed E-state index contributed by atoms with van der Waals surface area (Å²) in [6, 6.07) is 1.08. The Kier molecular flexibility index (Phi) is 6.71. The molecule has 1 aliphatic carbocycles. The second-order valence-electron chi connectivity index (χ2n) is 9.02. The zero-order valence-electron chi connectivity index (χ0n) is 20.2. The van der Waals surface area contributed by atoms with E-state index in [1.165, 1.54) is 13.3 Å². The van der Waals surface area contributed by atoms with Gasteiger partial charge in [-0.05, 0) is 30.2 Å². The molecule has 13 nitrogen and oxygen atoms in total. The second kappa shape index (κ2) is 9.98. The maximum Gasteiger partial charge on any atom is 0.345 e. The highest BCUT2D eigenvalue weighted by Crippen LogP contribution is 2.43. The van der Waals surface area contributed by atoms with Gasteiger partial charge in [0, 0.05) is 38.4 Å². The number of hydrogen-bond donors (Lipinski definition) is 2. The number of nitrogens with zero attached hydrogens (tertiary/aromatic N) is 5. The smallest absolute Gasteiger partial charge is 0.345 e. The zero-order valence-corrected chi connectivity index (χ0v) is 21.0. The quantitative estimate of drug-likeness (QED) is 0.317. The normalized spacial score (nSPS) is 16.0. The Morgan fingerprint density at radius 3 is 2.61 bits per heavy atom. The third-order valence-electron chi connectivity index (χ3n) is 6.55. The van der Waals surface area contributed by atoms with E-state index in [1.54, 1.807) is 9.47 Å². The molecule has 15 heteroatoms. The SMILES string of the molecule is COc1c(N2CCN(CC(=O)Nc3ncc([N+](=O)[O-])s3)CC2)c(F)cc2c(=O)c(C(=O)O)cn(C3CC3)c12. The third-order valence-corrected chi connectivity index (χ3v) is 7.41. The van der Waals surface area contributed by atoms with E-state index in [4.69, 9.17) is 4.74 Å². The van der Waals surface area contributed by atoms with Gasteiger partial charge in [-0.25, -0.2) is 14.2 Å². The van der Waals surface area contributed by atoms with E-state index in [-0.39, 0.29) is 45.4 Å². The average molecular weight is 547 g/mol. The van der Waals surface area contributed by atoms with E-state index in [1.807, 2.05) is 4.90 Å². The van der Waals surface area contributed by atoms with Crippen LogP contribution in [-0.2, 0) is 4.79 Å². The summed E-state index contributed by atoms with van der Waals surface area (Å²) < 4.78 is 22.8. The average Bonchev–Trinajstić information content (AvgIpc) is 3.61. The van der Waals surface area contributed by atoms with Gasteiger partial charge in [0.15, 0.2) is 16.7 Å². The topological polar surface area (TPSA) is 160 Å². The van der Waals surface area contributed by atoms with Crippen LogP contribution in [0.2, 0.25) is 0 Å². The Balaban J connectivity index is 1.36. The van der Waals surface area contributed by atoms with Gasteiger partial charge in [0.1, 0.15) is 17.4 Å². The summed E-state index contributed by atoms with van der Waals surface area (Å²) in [6.45, 7) is 1.57. The van der Waals surface area contributed by atoms with Crippen molar-refractivity contribution in [3.63, 3.8) is 0 Å². The van der Waals surface area contributed by atoms with Crippen molar-refractivity contribution in [2.45, 2.75) is 18.9 Å². The lowest BCUT2D eigenvalue weighted by Gasteiger charge is -2.36. The fourth-order valence-corrected chi connectivity index (χ4v) is 5.27. The highest BCUT2D eigenvalue weighted by Gasteiger charge is 2.32. The first kappa shape index (κ1) is 25.5. The number of aromatic carboxylic acids is 1. The first-order chi connectivity index (χ1) is 18.2. The molecule has 2 N–H and O–H groups in total. The van der Waals surface area contributed by atoms with Gasteiger partial charge in [-0.15, -0.1) is 0 Å². The van der Waals surface area contributed by atoms with Crippen LogP contribution in [0.1, 0.15) is 29.2 Å². The largest absolute Gasteiger partial charge is 0.492 e. The van der Waals surface area contributed by atoms with E-state index < -0.39 is 27.7 Å². The van der Waals surface area contributed by atoms with Gasteiger partial charge in [-0.2, -0.15) is 0 Å². The Morgan fingerprint density at radius 1 is 1.32 bits per heavy atom. The number of hydrogen-bond acceptors (Lipinski definition) is 10. The molecule has 0 unspecified atom stereocenters. The third kappa shape index (κ3) is 4.77. The summed E-state index contributed by atoms with van der Waals surface area (Å²) in [5.41, 5.74) is -0.649. The van der Waals surface area contributed by atoms with E-state index in [0.717, 1.165) is 36.4 Å². The minimum absolute atomic E-state index is 0.00181. The number of methoxy groups -OCH3 is 1. The van der Waals surface area contributed by atoms with Crippen molar-refractivity contribution in [3.8, 4) is 5.75 Å². The van der Waals surface area contributed by atoms with Crippen molar-refractivity contribution < 1.29 is 28.7 Å². The molecule has 3 aromatic rings. The van der Waals surface area contributed by atoms with Crippen LogP contribution < -0.4 is 20.4 Å². The number of rotatable bonds is 8. The van der Waals surface area contributed by atoms with Gasteiger partial charge < -0.3 is 24.6 Å². The number of amides is 1. The number of pyridine rings is 1. The Labute approximate surface area is 218 Å². The maximum absolute atomic E-state index is 15.5. The number of halogens is 1. The van der Waals surface area contributed by atoms with Crippen LogP contribution in [0, 0.1) is 15.9 Å². The zero-order chi connectivity index (χ0) is 27.1. The predicted octanol–water partition coefficient (Wildman–Crippen LogP) is 2.31. The van der Waals surface area contributed by atoms with Gasteiger partial charge in [-0.1, -0.05) is 0 Å². The number of carboxylic acids is 1. The molecule has 5 rings (SSSR count). The van der Waals surface area contributed by atoms with Crippen LogP contribution in [0.25, 0.3) is 10.9 Å². The lowest BCUT2D eigenvalue weighted by molar-refractivity contribution is -0.380. The number of anilines is 2. The van der Waals surface area contributed by atoms with Gasteiger partial charge in [-0.3, -0.25) is 24.6 Å². The molecule has 38 heavy (non-hydrogen) atoms. The first-order valence-electron chi connectivity index (χ1n) is 11.7. The van der Waals surface area contributed by atoms with Crippen molar-refractivity contribution in [3.05, 3.63) is 50.2 Å². The molecule has 2 fully saturated rings. The monoisotopic (exact) mass is 546 g/mol.